The predicted octanol–water partition coefficient (Wildman–Crippen LogP) is 1.72. The van der Waals surface area contributed by atoms with E-state index < -0.39 is 0 Å². The lowest BCUT2D eigenvalue weighted by Crippen LogP contribution is -2.12. The minimum absolute atomic E-state index is 0.378. The Morgan fingerprint density at radius 2 is 2.05 bits per heavy atom. The lowest BCUT2D eigenvalue weighted by molar-refractivity contribution is 0.366. The first kappa shape index (κ1) is 13.5. The summed E-state index contributed by atoms with van der Waals surface area (Å²) in [5.74, 6) is 0.845. The van der Waals surface area contributed by atoms with Crippen molar-refractivity contribution in [3.8, 4) is 6.01 Å². The molecule has 0 aliphatic carbocycles. The molecular formula is C13H18N4O2. The third-order valence-corrected chi connectivity index (χ3v) is 2.61. The van der Waals surface area contributed by atoms with E-state index in [1.54, 1.807) is 19.5 Å². The van der Waals surface area contributed by atoms with Crippen LogP contribution in [0.1, 0.15) is 30.4 Å². The fourth-order valence-electron chi connectivity index (χ4n) is 1.68. The Balaban J connectivity index is 1.78. The van der Waals surface area contributed by atoms with Gasteiger partial charge in [0.1, 0.15) is 0 Å². The second kappa shape index (κ2) is 6.84. The first-order valence-corrected chi connectivity index (χ1v) is 6.32. The number of aromatic nitrogens is 3. The van der Waals surface area contributed by atoms with E-state index >= 15 is 0 Å². The van der Waals surface area contributed by atoms with Crippen LogP contribution in [-0.2, 0) is 19.5 Å². The van der Waals surface area contributed by atoms with E-state index in [0.29, 0.717) is 19.1 Å². The summed E-state index contributed by atoms with van der Waals surface area (Å²) in [4.78, 5) is 8.08. The van der Waals surface area contributed by atoms with Gasteiger partial charge in [0, 0.05) is 30.6 Å². The van der Waals surface area contributed by atoms with Crippen molar-refractivity contribution in [2.24, 2.45) is 0 Å². The highest BCUT2D eigenvalue weighted by Crippen LogP contribution is 2.06. The molecule has 2 heterocycles. The molecule has 0 aliphatic heterocycles. The molecule has 6 nitrogen and oxygen atoms in total. The van der Waals surface area contributed by atoms with Crippen LogP contribution >= 0.6 is 0 Å². The number of nitrogens with zero attached hydrogens (tertiary/aromatic N) is 3. The van der Waals surface area contributed by atoms with E-state index in [4.69, 9.17) is 9.26 Å². The van der Waals surface area contributed by atoms with E-state index in [-0.39, 0.29) is 0 Å². The molecule has 0 radical (unpaired) electrons. The van der Waals surface area contributed by atoms with Crippen LogP contribution < -0.4 is 10.1 Å². The molecule has 19 heavy (non-hydrogen) atoms. The maximum absolute atomic E-state index is 5.23. The summed E-state index contributed by atoms with van der Waals surface area (Å²) in [6.07, 6.45) is 5.50. The van der Waals surface area contributed by atoms with Crippen molar-refractivity contribution in [1.82, 2.24) is 20.4 Å². The zero-order valence-electron chi connectivity index (χ0n) is 11.2. The summed E-state index contributed by atoms with van der Waals surface area (Å²) >= 11 is 0. The largest absolute Gasteiger partial charge is 0.467 e. The first-order valence-electron chi connectivity index (χ1n) is 6.32. The third kappa shape index (κ3) is 4.03. The van der Waals surface area contributed by atoms with Crippen LogP contribution in [0.15, 0.2) is 23.0 Å². The van der Waals surface area contributed by atoms with Crippen molar-refractivity contribution in [2.45, 2.75) is 32.9 Å². The molecular weight excluding hydrogens is 244 g/mol. The zero-order chi connectivity index (χ0) is 13.5. The van der Waals surface area contributed by atoms with Gasteiger partial charge in [-0.05, 0) is 6.42 Å². The SMILES string of the molecule is CCCc1cc(CNCc2cnc(OC)nc2)on1. The molecule has 0 saturated heterocycles. The lowest BCUT2D eigenvalue weighted by Gasteiger charge is -2.02. The fraction of sp³-hybridized carbons (Fsp3) is 0.462. The Hall–Kier alpha value is -1.95. The van der Waals surface area contributed by atoms with Crippen molar-refractivity contribution in [1.29, 1.82) is 0 Å². The monoisotopic (exact) mass is 262 g/mol. The Bertz CT molecular complexity index is 496. The smallest absolute Gasteiger partial charge is 0.316 e. The van der Waals surface area contributed by atoms with Crippen LogP contribution in [0, 0.1) is 0 Å². The summed E-state index contributed by atoms with van der Waals surface area (Å²) in [6.45, 7) is 3.44. The third-order valence-electron chi connectivity index (χ3n) is 2.61. The maximum atomic E-state index is 5.23. The number of ether oxygens (including phenoxy) is 1. The van der Waals surface area contributed by atoms with Crippen molar-refractivity contribution in [3.63, 3.8) is 0 Å². The Morgan fingerprint density at radius 3 is 2.74 bits per heavy atom. The van der Waals surface area contributed by atoms with Gasteiger partial charge >= 0.3 is 6.01 Å². The van der Waals surface area contributed by atoms with Gasteiger partial charge in [-0.15, -0.1) is 0 Å². The number of rotatable bonds is 7. The minimum atomic E-state index is 0.378. The molecule has 0 saturated carbocycles. The molecule has 0 bridgehead atoms. The summed E-state index contributed by atoms with van der Waals surface area (Å²) in [5.41, 5.74) is 2.00. The van der Waals surface area contributed by atoms with Crippen LogP contribution in [0.5, 0.6) is 6.01 Å². The average Bonchev–Trinajstić information content (AvgIpc) is 2.88. The highest BCUT2D eigenvalue weighted by atomic mass is 16.5. The molecule has 6 heteroatoms. The number of hydrogen-bond acceptors (Lipinski definition) is 6. The molecule has 102 valence electrons. The van der Waals surface area contributed by atoms with E-state index in [9.17, 15) is 0 Å². The van der Waals surface area contributed by atoms with Crippen LogP contribution in [0.25, 0.3) is 0 Å². The summed E-state index contributed by atoms with van der Waals surface area (Å²) in [6, 6.07) is 2.37. The van der Waals surface area contributed by atoms with Gasteiger partial charge in [0.25, 0.3) is 0 Å². The molecule has 2 aromatic heterocycles. The van der Waals surface area contributed by atoms with Crippen molar-refractivity contribution in [3.05, 3.63) is 35.5 Å². The number of methoxy groups -OCH3 is 1. The molecule has 2 rings (SSSR count). The molecule has 0 unspecified atom stereocenters. The molecule has 0 aromatic carbocycles. The minimum Gasteiger partial charge on any atom is -0.467 e. The molecule has 1 N–H and O–H groups in total. The van der Waals surface area contributed by atoms with E-state index in [1.165, 1.54) is 0 Å². The van der Waals surface area contributed by atoms with Gasteiger partial charge in [-0.1, -0.05) is 18.5 Å². The van der Waals surface area contributed by atoms with Gasteiger partial charge < -0.3 is 14.6 Å². The number of nitrogens with one attached hydrogen (secondary N) is 1. The standard InChI is InChI=1S/C13H18N4O2/c1-3-4-11-5-12(19-17-11)9-14-6-10-7-15-13(18-2)16-8-10/h5,7-8,14H,3-4,6,9H2,1-2H3. The molecule has 0 fully saturated rings. The fourth-order valence-corrected chi connectivity index (χ4v) is 1.68. The normalized spacial score (nSPS) is 10.6. The molecule has 2 aromatic rings. The van der Waals surface area contributed by atoms with E-state index in [1.807, 2.05) is 6.07 Å². The van der Waals surface area contributed by atoms with E-state index in [0.717, 1.165) is 29.9 Å². The summed E-state index contributed by atoms with van der Waals surface area (Å²) < 4.78 is 10.1. The van der Waals surface area contributed by atoms with Crippen molar-refractivity contribution in [2.75, 3.05) is 7.11 Å². The Labute approximate surface area is 112 Å². The van der Waals surface area contributed by atoms with Crippen LogP contribution in [-0.4, -0.2) is 22.2 Å². The molecule has 0 atom stereocenters. The maximum Gasteiger partial charge on any atom is 0.316 e. The van der Waals surface area contributed by atoms with Gasteiger partial charge in [0.05, 0.1) is 19.3 Å². The molecule has 0 aliphatic rings. The second-order valence-electron chi connectivity index (χ2n) is 4.22. The van der Waals surface area contributed by atoms with Crippen LogP contribution in [0.4, 0.5) is 0 Å². The Morgan fingerprint density at radius 1 is 1.26 bits per heavy atom. The van der Waals surface area contributed by atoms with Crippen molar-refractivity contribution >= 4 is 0 Å². The van der Waals surface area contributed by atoms with Gasteiger partial charge in [0.15, 0.2) is 5.76 Å². The predicted molar refractivity (Wildman–Crippen MR) is 69.6 cm³/mol. The summed E-state index contributed by atoms with van der Waals surface area (Å²) in [7, 11) is 1.55. The quantitative estimate of drug-likeness (QED) is 0.819. The molecule has 0 spiro atoms. The highest BCUT2D eigenvalue weighted by molar-refractivity contribution is 5.08. The van der Waals surface area contributed by atoms with Crippen molar-refractivity contribution < 1.29 is 9.26 Å². The van der Waals surface area contributed by atoms with Crippen LogP contribution in [0.3, 0.4) is 0 Å². The first-order chi connectivity index (χ1) is 9.31. The van der Waals surface area contributed by atoms with Gasteiger partial charge in [-0.2, -0.15) is 0 Å². The lowest BCUT2D eigenvalue weighted by atomic mass is 10.2. The molecule has 0 amide bonds. The van der Waals surface area contributed by atoms with Crippen LogP contribution in [0.2, 0.25) is 0 Å². The highest BCUT2D eigenvalue weighted by Gasteiger charge is 2.03. The topological polar surface area (TPSA) is 73.1 Å². The van der Waals surface area contributed by atoms with E-state index in [2.05, 4.69) is 27.4 Å². The summed E-state index contributed by atoms with van der Waals surface area (Å²) in [5, 5.41) is 7.25. The zero-order valence-corrected chi connectivity index (χ0v) is 11.2. The average molecular weight is 262 g/mol. The van der Waals surface area contributed by atoms with Gasteiger partial charge in [0.2, 0.25) is 0 Å². The Kier molecular flexibility index (Phi) is 4.85. The second-order valence-corrected chi connectivity index (χ2v) is 4.22. The number of hydrogen-bond donors (Lipinski definition) is 1. The number of aryl methyl sites for hydroxylation is 1. The van der Waals surface area contributed by atoms with Gasteiger partial charge in [-0.3, -0.25) is 0 Å². The van der Waals surface area contributed by atoms with Gasteiger partial charge in [-0.25, -0.2) is 9.97 Å².